The fourth-order valence-electron chi connectivity index (χ4n) is 4.57. The van der Waals surface area contributed by atoms with E-state index >= 15 is 0 Å². The van der Waals surface area contributed by atoms with Crippen molar-refractivity contribution in [2.75, 3.05) is 0 Å². The summed E-state index contributed by atoms with van der Waals surface area (Å²) in [4.78, 5) is 5.43. The van der Waals surface area contributed by atoms with E-state index in [4.69, 9.17) is 14.5 Å². The van der Waals surface area contributed by atoms with Crippen molar-refractivity contribution in [1.29, 1.82) is 0 Å². The van der Waals surface area contributed by atoms with Crippen LogP contribution in [0, 0.1) is 6.92 Å². The summed E-state index contributed by atoms with van der Waals surface area (Å²) < 4.78 is 47.5. The minimum Gasteiger partial charge on any atom is -0.454 e. The second kappa shape index (κ2) is 9.13. The molecule has 196 valence electrons. The topological polar surface area (TPSA) is 69.1 Å². The molecule has 4 heterocycles. The van der Waals surface area contributed by atoms with Gasteiger partial charge < -0.3 is 4.42 Å². The van der Waals surface area contributed by atoms with Crippen LogP contribution in [0.4, 0.5) is 13.2 Å². The summed E-state index contributed by atoms with van der Waals surface area (Å²) in [6, 6.07) is 26.0. The number of para-hydroxylation sites is 1. The minimum absolute atomic E-state index is 0.319. The molecule has 0 radical (unpaired) electrons. The molecule has 0 spiro atoms. The molecule has 4 aromatic heterocycles. The zero-order valence-corrected chi connectivity index (χ0v) is 21.7. The summed E-state index contributed by atoms with van der Waals surface area (Å²) in [6.45, 7) is 2.03. The van der Waals surface area contributed by atoms with E-state index in [0.29, 0.717) is 33.6 Å². The molecule has 0 saturated heterocycles. The molecule has 0 aliphatic carbocycles. The van der Waals surface area contributed by atoms with Gasteiger partial charge in [0.2, 0.25) is 4.96 Å². The van der Waals surface area contributed by atoms with Crippen LogP contribution in [0.2, 0.25) is 0 Å². The molecule has 7 rings (SSSR count). The smallest absolute Gasteiger partial charge is 0.416 e. The lowest BCUT2D eigenvalue weighted by molar-refractivity contribution is -0.137. The van der Waals surface area contributed by atoms with Gasteiger partial charge in [-0.25, -0.2) is 4.98 Å². The molecule has 0 saturated carbocycles. The lowest BCUT2D eigenvalue weighted by Crippen LogP contribution is -2.04. The predicted octanol–water partition coefficient (Wildman–Crippen LogP) is 8.32. The number of alkyl halides is 3. The van der Waals surface area contributed by atoms with Crippen molar-refractivity contribution in [2.45, 2.75) is 13.1 Å². The minimum atomic E-state index is -4.44. The Morgan fingerprint density at radius 3 is 2.42 bits per heavy atom. The van der Waals surface area contributed by atoms with E-state index in [2.05, 4.69) is 10.2 Å². The molecule has 0 unspecified atom stereocenters. The van der Waals surface area contributed by atoms with Crippen molar-refractivity contribution < 1.29 is 17.6 Å². The number of benzene rings is 3. The van der Waals surface area contributed by atoms with Gasteiger partial charge in [-0.2, -0.15) is 22.8 Å². The molecule has 10 heteroatoms. The van der Waals surface area contributed by atoms with Crippen molar-refractivity contribution in [1.82, 2.24) is 24.8 Å². The maximum Gasteiger partial charge on any atom is 0.416 e. The van der Waals surface area contributed by atoms with E-state index in [-0.39, 0.29) is 0 Å². The monoisotopic (exact) mass is 553 g/mol. The van der Waals surface area contributed by atoms with Crippen molar-refractivity contribution in [3.63, 3.8) is 0 Å². The number of furan rings is 1. The summed E-state index contributed by atoms with van der Waals surface area (Å²) in [5.74, 6) is 1.40. The first-order valence-electron chi connectivity index (χ1n) is 12.3. The molecule has 0 bridgehead atoms. The first-order chi connectivity index (χ1) is 19.3. The van der Waals surface area contributed by atoms with Crippen LogP contribution in [0.5, 0.6) is 0 Å². The molecule has 40 heavy (non-hydrogen) atoms. The molecule has 0 fully saturated rings. The molecule has 0 N–H and O–H groups in total. The van der Waals surface area contributed by atoms with Crippen LogP contribution in [-0.4, -0.2) is 24.8 Å². The maximum atomic E-state index is 13.2. The third-order valence-electron chi connectivity index (χ3n) is 6.58. The SMILES string of the molecule is Cc1ccc(-c2nnc3sc(-c4cc(-c5ccc(-c6cccc(C(F)(F)F)c6)o5)nc5ccccc45)nn23)cc1. The van der Waals surface area contributed by atoms with E-state index < -0.39 is 11.7 Å². The first kappa shape index (κ1) is 24.2. The van der Waals surface area contributed by atoms with Gasteiger partial charge in [-0.1, -0.05) is 71.5 Å². The highest BCUT2D eigenvalue weighted by Crippen LogP contribution is 2.37. The van der Waals surface area contributed by atoms with Crippen LogP contribution in [0.15, 0.2) is 95.4 Å². The Bertz CT molecular complexity index is 2020. The number of pyridine rings is 1. The molecular weight excluding hydrogens is 535 g/mol. The molecule has 3 aromatic carbocycles. The van der Waals surface area contributed by atoms with Gasteiger partial charge >= 0.3 is 6.18 Å². The summed E-state index contributed by atoms with van der Waals surface area (Å²) in [5, 5.41) is 15.2. The van der Waals surface area contributed by atoms with Crippen LogP contribution in [0.25, 0.3) is 60.6 Å². The van der Waals surface area contributed by atoms with Gasteiger partial charge in [0.05, 0.1) is 11.1 Å². The Hall–Kier alpha value is -4.83. The third-order valence-corrected chi connectivity index (χ3v) is 7.51. The second-order valence-electron chi connectivity index (χ2n) is 9.31. The van der Waals surface area contributed by atoms with Crippen molar-refractivity contribution >= 4 is 27.2 Å². The Morgan fingerprint density at radius 1 is 0.800 bits per heavy atom. The molecule has 0 amide bonds. The fourth-order valence-corrected chi connectivity index (χ4v) is 5.44. The van der Waals surface area contributed by atoms with Crippen LogP contribution in [-0.2, 0) is 6.18 Å². The molecular formula is C30H18F3N5OS. The summed E-state index contributed by atoms with van der Waals surface area (Å²) in [5.41, 5.74) is 3.76. The van der Waals surface area contributed by atoms with Gasteiger partial charge in [0.1, 0.15) is 16.5 Å². The number of rotatable bonds is 4. The van der Waals surface area contributed by atoms with E-state index in [0.717, 1.165) is 44.7 Å². The van der Waals surface area contributed by atoms with Crippen LogP contribution >= 0.6 is 11.3 Å². The Labute approximate surface area is 229 Å². The highest BCUT2D eigenvalue weighted by molar-refractivity contribution is 7.20. The zero-order valence-electron chi connectivity index (χ0n) is 20.8. The Kier molecular flexibility index (Phi) is 5.53. The summed E-state index contributed by atoms with van der Waals surface area (Å²) >= 11 is 1.41. The third kappa shape index (κ3) is 4.22. The standard InChI is InChI=1S/C30H18F3N5OS/c1-17-9-11-18(12-10-17)27-35-36-29-38(27)37-28(40-29)22-16-24(34-23-8-3-2-7-21(22)23)26-14-13-25(39-26)19-5-4-6-20(15-19)30(31,32)33/h2-16H,1H3. The van der Waals surface area contributed by atoms with E-state index in [1.165, 1.54) is 17.4 Å². The lowest BCUT2D eigenvalue weighted by atomic mass is 10.1. The predicted molar refractivity (Wildman–Crippen MR) is 148 cm³/mol. The largest absolute Gasteiger partial charge is 0.454 e. The fraction of sp³-hybridized carbons (Fsp3) is 0.0667. The average Bonchev–Trinajstić information content (AvgIpc) is 3.69. The number of aryl methyl sites for hydroxylation is 1. The molecule has 0 aliphatic heterocycles. The highest BCUT2D eigenvalue weighted by Gasteiger charge is 2.30. The quantitative estimate of drug-likeness (QED) is 0.219. The Morgan fingerprint density at radius 2 is 1.60 bits per heavy atom. The van der Waals surface area contributed by atoms with E-state index in [1.54, 1.807) is 22.7 Å². The van der Waals surface area contributed by atoms with E-state index in [1.807, 2.05) is 61.5 Å². The maximum absolute atomic E-state index is 13.2. The van der Waals surface area contributed by atoms with Crippen LogP contribution in [0.1, 0.15) is 11.1 Å². The highest BCUT2D eigenvalue weighted by atomic mass is 32.1. The number of halogens is 3. The van der Waals surface area contributed by atoms with Crippen molar-refractivity contribution in [2.24, 2.45) is 0 Å². The van der Waals surface area contributed by atoms with Crippen LogP contribution in [0.3, 0.4) is 0 Å². The van der Waals surface area contributed by atoms with Gasteiger partial charge in [0.25, 0.3) is 0 Å². The number of hydrogen-bond acceptors (Lipinski definition) is 6. The van der Waals surface area contributed by atoms with E-state index in [9.17, 15) is 13.2 Å². The number of nitrogens with zero attached hydrogens (tertiary/aromatic N) is 5. The zero-order chi connectivity index (χ0) is 27.4. The molecule has 0 atom stereocenters. The van der Waals surface area contributed by atoms with Crippen molar-refractivity contribution in [3.05, 3.63) is 102 Å². The van der Waals surface area contributed by atoms with Gasteiger partial charge in [-0.15, -0.1) is 10.2 Å². The molecule has 0 aliphatic rings. The summed E-state index contributed by atoms with van der Waals surface area (Å²) in [7, 11) is 0. The van der Waals surface area contributed by atoms with Gasteiger partial charge in [0.15, 0.2) is 11.6 Å². The Balaban J connectivity index is 1.33. The van der Waals surface area contributed by atoms with Gasteiger partial charge in [-0.05, 0) is 43.3 Å². The lowest BCUT2D eigenvalue weighted by Gasteiger charge is -2.08. The van der Waals surface area contributed by atoms with Gasteiger partial charge in [-0.3, -0.25) is 0 Å². The van der Waals surface area contributed by atoms with Crippen molar-refractivity contribution in [3.8, 4) is 44.7 Å². The molecule has 7 aromatic rings. The average molecular weight is 554 g/mol. The molecule has 6 nitrogen and oxygen atoms in total. The summed E-state index contributed by atoms with van der Waals surface area (Å²) in [6.07, 6.45) is -4.44. The van der Waals surface area contributed by atoms with Crippen LogP contribution < -0.4 is 0 Å². The number of aromatic nitrogens is 5. The number of hydrogen-bond donors (Lipinski definition) is 0. The second-order valence-corrected chi connectivity index (χ2v) is 10.3. The first-order valence-corrected chi connectivity index (χ1v) is 13.1. The normalized spacial score (nSPS) is 12.0. The number of fused-ring (bicyclic) bond motifs is 2. The van der Waals surface area contributed by atoms with Gasteiger partial charge in [0, 0.05) is 22.1 Å².